The molecule has 7 heteroatoms. The first-order chi connectivity index (χ1) is 11.4. The predicted octanol–water partition coefficient (Wildman–Crippen LogP) is 2.44. The summed E-state index contributed by atoms with van der Waals surface area (Å²) in [6, 6.07) is 5.92. The van der Waals surface area contributed by atoms with Crippen LogP contribution in [0.3, 0.4) is 0 Å². The van der Waals surface area contributed by atoms with Crippen molar-refractivity contribution >= 4 is 24.3 Å². The zero-order valence-electron chi connectivity index (χ0n) is 14.2. The second-order valence-corrected chi connectivity index (χ2v) is 6.97. The van der Waals surface area contributed by atoms with Crippen LogP contribution in [0.5, 0.6) is 0 Å². The normalized spacial score (nSPS) is 26.6. The fraction of sp³-hybridized carbons (Fsp3) is 0.556. The predicted molar refractivity (Wildman–Crippen MR) is 93.9 cm³/mol. The summed E-state index contributed by atoms with van der Waals surface area (Å²) in [5.74, 6) is -1.16. The van der Waals surface area contributed by atoms with Crippen molar-refractivity contribution < 1.29 is 19.1 Å². The molecular formula is C18H24ClFN2O3. The average Bonchev–Trinajstić information content (AvgIpc) is 3.11. The molecule has 3 rings (SSSR count). The molecule has 0 aromatic heterocycles. The number of fused-ring (bicyclic) bond motifs is 1. The van der Waals surface area contributed by atoms with Crippen LogP contribution in [-0.2, 0) is 16.1 Å². The van der Waals surface area contributed by atoms with Crippen LogP contribution in [-0.4, -0.2) is 41.0 Å². The van der Waals surface area contributed by atoms with E-state index in [0.29, 0.717) is 25.1 Å². The van der Waals surface area contributed by atoms with Crippen molar-refractivity contribution in [3.63, 3.8) is 0 Å². The van der Waals surface area contributed by atoms with Gasteiger partial charge in [-0.15, -0.1) is 12.4 Å². The summed E-state index contributed by atoms with van der Waals surface area (Å²) in [4.78, 5) is 26.1. The molecule has 5 nitrogen and oxygen atoms in total. The zero-order valence-corrected chi connectivity index (χ0v) is 15.0. The van der Waals surface area contributed by atoms with Gasteiger partial charge in [0.2, 0.25) is 5.91 Å². The van der Waals surface area contributed by atoms with E-state index in [-0.39, 0.29) is 36.6 Å². The van der Waals surface area contributed by atoms with Gasteiger partial charge in [0, 0.05) is 25.2 Å². The van der Waals surface area contributed by atoms with Crippen LogP contribution in [0, 0.1) is 17.2 Å². The number of rotatable bonds is 5. The Balaban J connectivity index is 0.00000225. The van der Waals surface area contributed by atoms with Gasteiger partial charge in [-0.25, -0.2) is 4.39 Å². The Hall–Kier alpha value is -1.66. The van der Waals surface area contributed by atoms with Crippen LogP contribution in [0.2, 0.25) is 0 Å². The van der Waals surface area contributed by atoms with Crippen molar-refractivity contribution in [2.45, 2.75) is 38.8 Å². The number of likely N-dealkylation sites (tertiary alicyclic amines) is 1. The van der Waals surface area contributed by atoms with Crippen LogP contribution in [0.25, 0.3) is 0 Å². The molecule has 2 N–H and O–H groups in total. The number of nitrogens with one attached hydrogen (secondary N) is 1. The van der Waals surface area contributed by atoms with Crippen LogP contribution in [0.15, 0.2) is 24.3 Å². The van der Waals surface area contributed by atoms with Crippen molar-refractivity contribution in [3.8, 4) is 0 Å². The van der Waals surface area contributed by atoms with Crippen molar-refractivity contribution in [2.75, 3.05) is 13.1 Å². The number of amides is 1. The molecule has 1 amide bonds. The summed E-state index contributed by atoms with van der Waals surface area (Å²) in [5.41, 5.74) is -0.251. The maximum Gasteiger partial charge on any atom is 0.311 e. The largest absolute Gasteiger partial charge is 0.481 e. The highest BCUT2D eigenvalue weighted by Gasteiger charge is 2.55. The van der Waals surface area contributed by atoms with Gasteiger partial charge < -0.3 is 10.4 Å². The molecule has 1 saturated carbocycles. The van der Waals surface area contributed by atoms with Gasteiger partial charge in [-0.2, -0.15) is 0 Å². The van der Waals surface area contributed by atoms with Crippen LogP contribution in [0.1, 0.15) is 31.7 Å². The number of hydrogen-bond donors (Lipinski definition) is 2. The fourth-order valence-corrected chi connectivity index (χ4v) is 4.11. The summed E-state index contributed by atoms with van der Waals surface area (Å²) in [6.45, 7) is 2.98. The van der Waals surface area contributed by atoms with Crippen molar-refractivity contribution in [3.05, 3.63) is 35.6 Å². The lowest BCUT2D eigenvalue weighted by Crippen LogP contribution is -2.45. The summed E-state index contributed by atoms with van der Waals surface area (Å²) in [5, 5.41) is 12.4. The average molecular weight is 371 g/mol. The molecule has 1 saturated heterocycles. The summed E-state index contributed by atoms with van der Waals surface area (Å²) in [6.07, 6.45) is 2.54. The minimum atomic E-state index is -0.744. The molecule has 1 aromatic rings. The fourth-order valence-electron chi connectivity index (χ4n) is 4.11. The number of carboxylic acid groups (broad SMARTS) is 1. The van der Waals surface area contributed by atoms with E-state index < -0.39 is 17.4 Å². The Kier molecular flexibility index (Phi) is 6.06. The minimum Gasteiger partial charge on any atom is -0.481 e. The Morgan fingerprint density at radius 1 is 1.44 bits per heavy atom. The number of carbonyl (C=O) groups is 2. The number of carbonyl (C=O) groups excluding carboxylic acids is 1. The second-order valence-electron chi connectivity index (χ2n) is 6.97. The molecule has 1 aliphatic carbocycles. The van der Waals surface area contributed by atoms with Crippen LogP contribution >= 0.6 is 12.4 Å². The third-order valence-electron chi connectivity index (χ3n) is 5.66. The molecule has 25 heavy (non-hydrogen) atoms. The Morgan fingerprint density at radius 2 is 2.16 bits per heavy atom. The first kappa shape index (κ1) is 19.7. The van der Waals surface area contributed by atoms with E-state index in [1.54, 1.807) is 25.1 Å². The van der Waals surface area contributed by atoms with Gasteiger partial charge in [-0.1, -0.05) is 24.6 Å². The zero-order chi connectivity index (χ0) is 17.3. The molecule has 0 radical (unpaired) electrons. The smallest absolute Gasteiger partial charge is 0.311 e. The van der Waals surface area contributed by atoms with E-state index in [4.69, 9.17) is 0 Å². The Bertz CT molecular complexity index is 657. The second kappa shape index (κ2) is 7.70. The monoisotopic (exact) mass is 370 g/mol. The van der Waals surface area contributed by atoms with E-state index in [1.165, 1.54) is 6.07 Å². The SMILES string of the molecule is CC(C(=O)NCc1ccccc1F)N1C[C@@H]2CCC[C@@]2(C(=O)O)C1.Cl. The third kappa shape index (κ3) is 3.65. The van der Waals surface area contributed by atoms with Gasteiger partial charge in [0.15, 0.2) is 0 Å². The lowest BCUT2D eigenvalue weighted by Gasteiger charge is -2.26. The van der Waals surface area contributed by atoms with E-state index in [2.05, 4.69) is 5.32 Å². The summed E-state index contributed by atoms with van der Waals surface area (Å²) in [7, 11) is 0. The number of benzene rings is 1. The number of nitrogens with zero attached hydrogens (tertiary/aromatic N) is 1. The number of halogens is 2. The first-order valence-corrected chi connectivity index (χ1v) is 8.42. The molecule has 1 unspecified atom stereocenters. The highest BCUT2D eigenvalue weighted by atomic mass is 35.5. The highest BCUT2D eigenvalue weighted by molar-refractivity contribution is 5.85. The highest BCUT2D eigenvalue weighted by Crippen LogP contribution is 2.49. The number of hydrogen-bond acceptors (Lipinski definition) is 3. The topological polar surface area (TPSA) is 69.6 Å². The molecule has 3 atom stereocenters. The lowest BCUT2D eigenvalue weighted by molar-refractivity contribution is -0.149. The molecular weight excluding hydrogens is 347 g/mol. The van der Waals surface area contributed by atoms with Gasteiger partial charge in [0.1, 0.15) is 5.82 Å². The third-order valence-corrected chi connectivity index (χ3v) is 5.66. The van der Waals surface area contributed by atoms with Crippen molar-refractivity contribution in [1.82, 2.24) is 10.2 Å². The van der Waals surface area contributed by atoms with Gasteiger partial charge in [0.05, 0.1) is 11.5 Å². The van der Waals surface area contributed by atoms with Gasteiger partial charge in [0.25, 0.3) is 0 Å². The van der Waals surface area contributed by atoms with E-state index in [1.807, 2.05) is 4.90 Å². The maximum atomic E-state index is 13.6. The molecule has 1 heterocycles. The van der Waals surface area contributed by atoms with Crippen molar-refractivity contribution in [1.29, 1.82) is 0 Å². The standard InChI is InChI=1S/C18H23FN2O3.ClH/c1-12(16(22)20-9-13-5-2-3-7-15(13)19)21-10-14-6-4-8-18(14,11-21)17(23)24;/h2-3,5,7,12,14H,4,6,8-11H2,1H3,(H,20,22)(H,23,24);1H/t12?,14-,18+;/m0./s1. The number of carboxylic acids is 1. The minimum absolute atomic E-state index is 0. The van der Waals surface area contributed by atoms with E-state index in [0.717, 1.165) is 12.8 Å². The quantitative estimate of drug-likeness (QED) is 0.835. The maximum absolute atomic E-state index is 13.6. The van der Waals surface area contributed by atoms with Crippen molar-refractivity contribution in [2.24, 2.45) is 11.3 Å². The van der Waals surface area contributed by atoms with E-state index in [9.17, 15) is 19.1 Å². The molecule has 0 spiro atoms. The van der Waals surface area contributed by atoms with E-state index >= 15 is 0 Å². The summed E-state index contributed by atoms with van der Waals surface area (Å²) >= 11 is 0. The van der Waals surface area contributed by atoms with Gasteiger partial charge >= 0.3 is 5.97 Å². The molecule has 1 aromatic carbocycles. The lowest BCUT2D eigenvalue weighted by atomic mass is 9.81. The molecule has 138 valence electrons. The first-order valence-electron chi connectivity index (χ1n) is 8.42. The number of aliphatic carboxylic acids is 1. The molecule has 0 bridgehead atoms. The summed E-state index contributed by atoms with van der Waals surface area (Å²) < 4.78 is 13.6. The van der Waals surface area contributed by atoms with Crippen LogP contribution < -0.4 is 5.32 Å². The van der Waals surface area contributed by atoms with Gasteiger partial charge in [-0.05, 0) is 31.7 Å². The van der Waals surface area contributed by atoms with Crippen LogP contribution in [0.4, 0.5) is 4.39 Å². The van der Waals surface area contributed by atoms with Gasteiger partial charge in [-0.3, -0.25) is 14.5 Å². The molecule has 2 aliphatic rings. The Morgan fingerprint density at radius 3 is 2.80 bits per heavy atom. The molecule has 2 fully saturated rings. The molecule has 1 aliphatic heterocycles. The Labute approximate surface area is 153 Å².